The van der Waals surface area contributed by atoms with Gasteiger partial charge in [-0.1, -0.05) is 18.2 Å². The highest BCUT2D eigenvalue weighted by Crippen LogP contribution is 2.29. The highest BCUT2D eigenvalue weighted by molar-refractivity contribution is 7.92. The second kappa shape index (κ2) is 10.1. The molecule has 0 fully saturated rings. The number of hydrogen-bond acceptors (Lipinski definition) is 6. The molecule has 0 saturated heterocycles. The molecule has 162 valence electrons. The van der Waals surface area contributed by atoms with Gasteiger partial charge in [-0.15, -0.1) is 0 Å². The lowest BCUT2D eigenvalue weighted by Crippen LogP contribution is -2.41. The van der Waals surface area contributed by atoms with E-state index in [0.717, 1.165) is 28.3 Å². The maximum absolute atomic E-state index is 12.3. The Morgan fingerprint density at radius 1 is 1.20 bits per heavy atom. The van der Waals surface area contributed by atoms with Crippen LogP contribution in [-0.2, 0) is 21.2 Å². The first-order valence-corrected chi connectivity index (χ1v) is 11.1. The van der Waals surface area contributed by atoms with Crippen molar-refractivity contribution in [3.63, 3.8) is 0 Å². The average molecular weight is 436 g/mol. The van der Waals surface area contributed by atoms with E-state index in [0.29, 0.717) is 13.0 Å². The summed E-state index contributed by atoms with van der Waals surface area (Å²) >= 11 is 0. The molecular weight excluding hydrogens is 410 g/mol. The van der Waals surface area contributed by atoms with Crippen LogP contribution in [0.4, 0.5) is 11.4 Å². The first kappa shape index (κ1) is 23.1. The zero-order chi connectivity index (χ0) is 22.3. The number of benzene rings is 2. The maximum atomic E-state index is 12.3. The van der Waals surface area contributed by atoms with Crippen molar-refractivity contribution in [3.8, 4) is 5.75 Å². The van der Waals surface area contributed by atoms with Crippen molar-refractivity contribution in [3.05, 3.63) is 63.7 Å². The second-order valence-electron chi connectivity index (χ2n) is 6.75. The number of aryl methyl sites for hydroxylation is 1. The van der Waals surface area contributed by atoms with Crippen molar-refractivity contribution in [2.24, 2.45) is 0 Å². The van der Waals surface area contributed by atoms with Crippen molar-refractivity contribution in [1.82, 2.24) is 5.32 Å². The molecule has 0 spiro atoms. The van der Waals surface area contributed by atoms with E-state index >= 15 is 0 Å². The summed E-state index contributed by atoms with van der Waals surface area (Å²) in [7, 11) is -2.22. The lowest BCUT2D eigenvalue weighted by atomic mass is 10.1. The molecule has 1 amide bonds. The smallest absolute Gasteiger partial charge is 0.274 e. The van der Waals surface area contributed by atoms with E-state index in [4.69, 9.17) is 4.74 Å². The second-order valence-corrected chi connectivity index (χ2v) is 8.66. The van der Waals surface area contributed by atoms with Gasteiger partial charge in [-0.25, -0.2) is 8.42 Å². The minimum atomic E-state index is -3.82. The van der Waals surface area contributed by atoms with Gasteiger partial charge in [0, 0.05) is 12.6 Å². The molecule has 0 bridgehead atoms. The van der Waals surface area contributed by atoms with Crippen molar-refractivity contribution < 1.29 is 22.9 Å². The van der Waals surface area contributed by atoms with E-state index in [2.05, 4.69) is 5.32 Å². The monoisotopic (exact) mass is 435 g/mol. The Balaban J connectivity index is 1.99. The molecule has 0 radical (unpaired) electrons. The number of ether oxygens (including phenoxy) is 1. The molecule has 0 aromatic heterocycles. The van der Waals surface area contributed by atoms with Crippen LogP contribution in [0.15, 0.2) is 42.5 Å². The molecule has 0 heterocycles. The zero-order valence-corrected chi connectivity index (χ0v) is 17.9. The Hall–Kier alpha value is -3.14. The SMILES string of the molecule is COc1ccc(CCCNC(=O)CN(c2cccc([N+](=O)[O-])c2C)S(C)(=O)=O)cc1. The summed E-state index contributed by atoms with van der Waals surface area (Å²) in [5.74, 6) is 0.283. The molecule has 0 aliphatic heterocycles. The molecule has 2 aromatic rings. The van der Waals surface area contributed by atoms with Gasteiger partial charge in [0.25, 0.3) is 5.69 Å². The number of sulfonamides is 1. The number of nitro groups is 1. The average Bonchev–Trinajstić information content (AvgIpc) is 2.69. The highest BCUT2D eigenvalue weighted by Gasteiger charge is 2.25. The quantitative estimate of drug-likeness (QED) is 0.348. The molecule has 9 nitrogen and oxygen atoms in total. The lowest BCUT2D eigenvalue weighted by Gasteiger charge is -2.23. The van der Waals surface area contributed by atoms with Crippen LogP contribution in [0.2, 0.25) is 0 Å². The van der Waals surface area contributed by atoms with Gasteiger partial charge < -0.3 is 10.1 Å². The number of methoxy groups -OCH3 is 1. The fraction of sp³-hybridized carbons (Fsp3) is 0.350. The van der Waals surface area contributed by atoms with Gasteiger partial charge in [-0.05, 0) is 43.5 Å². The molecule has 0 unspecified atom stereocenters. The minimum Gasteiger partial charge on any atom is -0.497 e. The van der Waals surface area contributed by atoms with Crippen LogP contribution in [0.25, 0.3) is 0 Å². The van der Waals surface area contributed by atoms with Crippen LogP contribution >= 0.6 is 0 Å². The van der Waals surface area contributed by atoms with Crippen LogP contribution < -0.4 is 14.4 Å². The summed E-state index contributed by atoms with van der Waals surface area (Å²) in [6.45, 7) is 1.37. The van der Waals surface area contributed by atoms with Gasteiger partial charge in [-0.3, -0.25) is 19.2 Å². The van der Waals surface area contributed by atoms with Gasteiger partial charge in [0.05, 0.1) is 29.5 Å². The number of amides is 1. The standard InChI is InChI=1S/C20H25N3O6S/c1-15-18(7-4-8-19(15)23(25)26)22(30(3,27)28)14-20(24)21-13-5-6-16-9-11-17(29-2)12-10-16/h4,7-12H,5-6,13-14H2,1-3H3,(H,21,24). The Bertz CT molecular complexity index is 1010. The van der Waals surface area contributed by atoms with Crippen LogP contribution in [0.1, 0.15) is 17.5 Å². The molecule has 2 aromatic carbocycles. The van der Waals surface area contributed by atoms with Gasteiger partial charge in [0.1, 0.15) is 12.3 Å². The first-order chi connectivity index (χ1) is 14.1. The summed E-state index contributed by atoms with van der Waals surface area (Å²) in [6, 6.07) is 11.7. The summed E-state index contributed by atoms with van der Waals surface area (Å²) in [6.07, 6.45) is 2.37. The van der Waals surface area contributed by atoms with Crippen LogP contribution in [0.3, 0.4) is 0 Å². The van der Waals surface area contributed by atoms with E-state index < -0.39 is 27.4 Å². The Morgan fingerprint density at radius 3 is 2.43 bits per heavy atom. The molecule has 0 atom stereocenters. The molecule has 2 rings (SSSR count). The van der Waals surface area contributed by atoms with Crippen molar-refractivity contribution in [2.45, 2.75) is 19.8 Å². The van der Waals surface area contributed by atoms with E-state index in [-0.39, 0.29) is 16.9 Å². The highest BCUT2D eigenvalue weighted by atomic mass is 32.2. The molecule has 10 heteroatoms. The number of carbonyl (C=O) groups excluding carboxylic acids is 1. The summed E-state index contributed by atoms with van der Waals surface area (Å²) < 4.78 is 30.5. The maximum Gasteiger partial charge on any atom is 0.274 e. The number of rotatable bonds is 10. The fourth-order valence-corrected chi connectivity index (χ4v) is 3.87. The predicted molar refractivity (Wildman–Crippen MR) is 114 cm³/mol. The molecular formula is C20H25N3O6S. The van der Waals surface area contributed by atoms with Gasteiger partial charge in [0.2, 0.25) is 15.9 Å². The number of nitrogens with zero attached hydrogens (tertiary/aromatic N) is 2. The summed E-state index contributed by atoms with van der Waals surface area (Å²) in [4.78, 5) is 22.9. The summed E-state index contributed by atoms with van der Waals surface area (Å²) in [5.41, 5.74) is 1.18. The number of nitrogens with one attached hydrogen (secondary N) is 1. The predicted octanol–water partition coefficient (Wildman–Crippen LogP) is 2.43. The first-order valence-electron chi connectivity index (χ1n) is 9.25. The van der Waals surface area contributed by atoms with Crippen LogP contribution in [0.5, 0.6) is 5.75 Å². The van der Waals surface area contributed by atoms with Gasteiger partial charge >= 0.3 is 0 Å². The van der Waals surface area contributed by atoms with Gasteiger partial charge in [-0.2, -0.15) is 0 Å². The Labute approximate surface area is 175 Å². The van der Waals surface area contributed by atoms with Crippen molar-refractivity contribution in [1.29, 1.82) is 0 Å². The number of anilines is 1. The van der Waals surface area contributed by atoms with E-state index in [1.165, 1.54) is 25.1 Å². The molecule has 0 saturated carbocycles. The van der Waals surface area contributed by atoms with E-state index in [1.54, 1.807) is 7.11 Å². The van der Waals surface area contributed by atoms with Crippen molar-refractivity contribution >= 4 is 27.3 Å². The van der Waals surface area contributed by atoms with Crippen molar-refractivity contribution in [2.75, 3.05) is 30.8 Å². The number of hydrogen-bond donors (Lipinski definition) is 1. The minimum absolute atomic E-state index is 0.111. The largest absolute Gasteiger partial charge is 0.497 e. The van der Waals surface area contributed by atoms with E-state index in [9.17, 15) is 23.3 Å². The number of carbonyl (C=O) groups is 1. The zero-order valence-electron chi connectivity index (χ0n) is 17.1. The van der Waals surface area contributed by atoms with Crippen LogP contribution in [0, 0.1) is 17.0 Å². The fourth-order valence-electron chi connectivity index (χ4n) is 2.96. The lowest BCUT2D eigenvalue weighted by molar-refractivity contribution is -0.385. The summed E-state index contributed by atoms with van der Waals surface area (Å²) in [5, 5.41) is 13.8. The normalized spacial score (nSPS) is 11.0. The Morgan fingerprint density at radius 2 is 1.87 bits per heavy atom. The number of nitro benzene ring substituents is 1. The van der Waals surface area contributed by atoms with E-state index in [1.807, 2.05) is 24.3 Å². The molecule has 1 N–H and O–H groups in total. The molecule has 0 aliphatic carbocycles. The van der Waals surface area contributed by atoms with Crippen LogP contribution in [-0.4, -0.2) is 45.7 Å². The topological polar surface area (TPSA) is 119 Å². The molecule has 0 aliphatic rings. The molecule has 30 heavy (non-hydrogen) atoms. The Kier molecular flexibility index (Phi) is 7.76. The third-order valence-corrected chi connectivity index (χ3v) is 5.68. The van der Waals surface area contributed by atoms with Gasteiger partial charge in [0.15, 0.2) is 0 Å². The third-order valence-electron chi connectivity index (χ3n) is 4.55. The third kappa shape index (κ3) is 6.18.